The second kappa shape index (κ2) is 5.95. The Bertz CT molecular complexity index is 574. The highest BCUT2D eigenvalue weighted by atomic mass is 32.2. The molecule has 0 radical (unpaired) electrons. The molecule has 1 aliphatic carbocycles. The zero-order chi connectivity index (χ0) is 14.8. The highest BCUT2D eigenvalue weighted by molar-refractivity contribution is 7.91. The molecule has 1 unspecified atom stereocenters. The van der Waals surface area contributed by atoms with Gasteiger partial charge in [0.25, 0.3) is 0 Å². The van der Waals surface area contributed by atoms with Crippen molar-refractivity contribution in [2.75, 3.05) is 5.75 Å². The number of amides is 1. The zero-order valence-electron chi connectivity index (χ0n) is 11.9. The molecule has 0 saturated heterocycles. The molecule has 1 aromatic carbocycles. The normalized spacial score (nSPS) is 16.7. The lowest BCUT2D eigenvalue weighted by Gasteiger charge is -2.14. The highest BCUT2D eigenvalue weighted by Gasteiger charge is 2.26. The lowest BCUT2D eigenvalue weighted by Crippen LogP contribution is -2.37. The molecule has 0 bridgehead atoms. The van der Waals surface area contributed by atoms with Crippen molar-refractivity contribution in [1.82, 2.24) is 5.32 Å². The first-order valence-corrected chi connectivity index (χ1v) is 8.61. The van der Waals surface area contributed by atoms with E-state index < -0.39 is 9.84 Å². The van der Waals surface area contributed by atoms with Crippen molar-refractivity contribution in [3.63, 3.8) is 0 Å². The van der Waals surface area contributed by atoms with Crippen LogP contribution in [0.5, 0.6) is 0 Å². The third kappa shape index (κ3) is 4.34. The summed E-state index contributed by atoms with van der Waals surface area (Å²) < 4.78 is 24.4. The minimum Gasteiger partial charge on any atom is -0.353 e. The lowest BCUT2D eigenvalue weighted by molar-refractivity contribution is -0.121. The number of benzene rings is 1. The smallest absolute Gasteiger partial charge is 0.220 e. The summed E-state index contributed by atoms with van der Waals surface area (Å²) in [5.41, 5.74) is 1.02. The fraction of sp³-hybridized carbons (Fsp3) is 0.533. The molecular weight excluding hydrogens is 274 g/mol. The number of carbonyl (C=O) groups excluding carboxylic acids is 1. The van der Waals surface area contributed by atoms with E-state index in [1.807, 2.05) is 6.92 Å². The molecular formula is C15H21NO3S. The average molecular weight is 295 g/mol. The standard InChI is InChI=1S/C15H21NO3S/c1-11-3-7-14(8-4-11)20(18,19)10-12(2)16-15(17)9-13-5-6-13/h3-4,7-8,12-13H,5-6,9-10H2,1-2H3,(H,16,17). The summed E-state index contributed by atoms with van der Waals surface area (Å²) in [6.07, 6.45) is 2.75. The Balaban J connectivity index is 1.92. The molecule has 20 heavy (non-hydrogen) atoms. The molecule has 2 rings (SSSR count). The van der Waals surface area contributed by atoms with Crippen molar-refractivity contribution >= 4 is 15.7 Å². The maximum Gasteiger partial charge on any atom is 0.220 e. The molecule has 1 aliphatic rings. The Morgan fingerprint density at radius 2 is 1.90 bits per heavy atom. The Kier molecular flexibility index (Phi) is 4.48. The van der Waals surface area contributed by atoms with Gasteiger partial charge in [0.1, 0.15) is 0 Å². The predicted molar refractivity (Wildman–Crippen MR) is 78.2 cm³/mol. The molecule has 1 fully saturated rings. The van der Waals surface area contributed by atoms with Crippen molar-refractivity contribution < 1.29 is 13.2 Å². The van der Waals surface area contributed by atoms with Gasteiger partial charge in [-0.25, -0.2) is 8.42 Å². The van der Waals surface area contributed by atoms with Crippen LogP contribution in [0.2, 0.25) is 0 Å². The van der Waals surface area contributed by atoms with Gasteiger partial charge >= 0.3 is 0 Å². The molecule has 1 atom stereocenters. The number of hydrogen-bond donors (Lipinski definition) is 1. The summed E-state index contributed by atoms with van der Waals surface area (Å²) in [4.78, 5) is 12.0. The van der Waals surface area contributed by atoms with Crippen LogP contribution >= 0.6 is 0 Å². The molecule has 1 N–H and O–H groups in total. The number of rotatable bonds is 6. The summed E-state index contributed by atoms with van der Waals surface area (Å²) in [6.45, 7) is 3.65. The first-order chi connectivity index (χ1) is 9.37. The van der Waals surface area contributed by atoms with Crippen LogP contribution in [0.1, 0.15) is 31.7 Å². The number of hydrogen-bond acceptors (Lipinski definition) is 3. The number of sulfone groups is 1. The van der Waals surface area contributed by atoms with Gasteiger partial charge in [-0.2, -0.15) is 0 Å². The Hall–Kier alpha value is -1.36. The molecule has 1 amide bonds. The molecule has 110 valence electrons. The fourth-order valence-electron chi connectivity index (χ4n) is 2.13. The first-order valence-electron chi connectivity index (χ1n) is 6.95. The monoisotopic (exact) mass is 295 g/mol. The van der Waals surface area contributed by atoms with E-state index >= 15 is 0 Å². The molecule has 0 spiro atoms. The second-order valence-electron chi connectivity index (χ2n) is 5.71. The van der Waals surface area contributed by atoms with Crippen molar-refractivity contribution in [1.29, 1.82) is 0 Å². The lowest BCUT2D eigenvalue weighted by atomic mass is 10.2. The highest BCUT2D eigenvalue weighted by Crippen LogP contribution is 2.32. The van der Waals surface area contributed by atoms with E-state index in [0.29, 0.717) is 17.2 Å². The van der Waals surface area contributed by atoms with Gasteiger partial charge in [-0.15, -0.1) is 0 Å². The third-order valence-corrected chi connectivity index (χ3v) is 5.36. The van der Waals surface area contributed by atoms with Crippen LogP contribution in [0.4, 0.5) is 0 Å². The molecule has 0 aromatic heterocycles. The largest absolute Gasteiger partial charge is 0.353 e. The summed E-state index contributed by atoms with van der Waals surface area (Å²) >= 11 is 0. The van der Waals surface area contributed by atoms with Gasteiger partial charge in [0, 0.05) is 12.5 Å². The predicted octanol–water partition coefficient (Wildman–Crippen LogP) is 2.07. The number of nitrogens with one attached hydrogen (secondary N) is 1. The maximum atomic E-state index is 12.2. The van der Waals surface area contributed by atoms with E-state index in [9.17, 15) is 13.2 Å². The molecule has 5 heteroatoms. The van der Waals surface area contributed by atoms with Crippen LogP contribution in [0.25, 0.3) is 0 Å². The van der Waals surface area contributed by atoms with Gasteiger partial charge in [0.15, 0.2) is 9.84 Å². The third-order valence-electron chi connectivity index (χ3n) is 3.43. The van der Waals surface area contributed by atoms with Crippen molar-refractivity contribution in [2.24, 2.45) is 5.92 Å². The van der Waals surface area contributed by atoms with Crippen molar-refractivity contribution in [2.45, 2.75) is 44.0 Å². The topological polar surface area (TPSA) is 63.2 Å². The van der Waals surface area contributed by atoms with Crippen LogP contribution in [0.15, 0.2) is 29.2 Å². The van der Waals surface area contributed by atoms with Crippen LogP contribution in [-0.2, 0) is 14.6 Å². The van der Waals surface area contributed by atoms with E-state index in [0.717, 1.165) is 18.4 Å². The van der Waals surface area contributed by atoms with Crippen molar-refractivity contribution in [3.8, 4) is 0 Å². The fourth-order valence-corrected chi connectivity index (χ4v) is 3.62. The van der Waals surface area contributed by atoms with Gasteiger partial charge < -0.3 is 5.32 Å². The minimum atomic E-state index is -3.35. The SMILES string of the molecule is Cc1ccc(S(=O)(=O)CC(C)NC(=O)CC2CC2)cc1. The van der Waals surface area contributed by atoms with E-state index in [-0.39, 0.29) is 17.7 Å². The number of carbonyl (C=O) groups is 1. The summed E-state index contributed by atoms with van der Waals surface area (Å²) in [5.74, 6) is 0.405. The number of aryl methyl sites for hydroxylation is 1. The Morgan fingerprint density at radius 1 is 1.30 bits per heavy atom. The Morgan fingerprint density at radius 3 is 2.45 bits per heavy atom. The van der Waals surface area contributed by atoms with Crippen LogP contribution in [0, 0.1) is 12.8 Å². The molecule has 0 aliphatic heterocycles. The van der Waals surface area contributed by atoms with Gasteiger partial charge in [-0.05, 0) is 44.7 Å². The van der Waals surface area contributed by atoms with Crippen LogP contribution < -0.4 is 5.32 Å². The minimum absolute atomic E-state index is 0.0425. The summed E-state index contributed by atoms with van der Waals surface area (Å²) in [7, 11) is -3.35. The Labute approximate surface area is 120 Å². The quantitative estimate of drug-likeness (QED) is 0.874. The summed E-state index contributed by atoms with van der Waals surface area (Å²) in [5, 5.41) is 2.77. The van der Waals surface area contributed by atoms with E-state index in [4.69, 9.17) is 0 Å². The maximum absolute atomic E-state index is 12.2. The first kappa shape index (κ1) is 15.0. The zero-order valence-corrected chi connectivity index (χ0v) is 12.7. The second-order valence-corrected chi connectivity index (χ2v) is 7.74. The van der Waals surface area contributed by atoms with E-state index in [2.05, 4.69) is 5.32 Å². The van der Waals surface area contributed by atoms with E-state index in [1.165, 1.54) is 0 Å². The molecule has 1 aromatic rings. The molecule has 4 nitrogen and oxygen atoms in total. The van der Waals surface area contributed by atoms with Crippen LogP contribution in [0.3, 0.4) is 0 Å². The van der Waals surface area contributed by atoms with Gasteiger partial charge in [0.05, 0.1) is 10.6 Å². The van der Waals surface area contributed by atoms with Gasteiger partial charge in [-0.1, -0.05) is 17.7 Å². The summed E-state index contributed by atoms with van der Waals surface area (Å²) in [6, 6.07) is 6.42. The van der Waals surface area contributed by atoms with Gasteiger partial charge in [-0.3, -0.25) is 4.79 Å². The average Bonchev–Trinajstić information content (AvgIpc) is 3.12. The van der Waals surface area contributed by atoms with Crippen molar-refractivity contribution in [3.05, 3.63) is 29.8 Å². The van der Waals surface area contributed by atoms with E-state index in [1.54, 1.807) is 31.2 Å². The van der Waals surface area contributed by atoms with Crippen LogP contribution in [-0.4, -0.2) is 26.1 Å². The molecule has 1 saturated carbocycles. The van der Waals surface area contributed by atoms with Gasteiger partial charge in [0.2, 0.25) is 5.91 Å². The molecule has 0 heterocycles.